The van der Waals surface area contributed by atoms with Crippen LogP contribution in [0.5, 0.6) is 0 Å². The van der Waals surface area contributed by atoms with Crippen LogP contribution in [-0.4, -0.2) is 17.1 Å². The molecule has 2 atom stereocenters. The molecule has 0 radical (unpaired) electrons. The zero-order chi connectivity index (χ0) is 12.7. The number of hydrogen-bond acceptors (Lipinski definition) is 2. The molecule has 1 aromatic carbocycles. The summed E-state index contributed by atoms with van der Waals surface area (Å²) in [6.07, 6.45) is 4.47. The zero-order valence-electron chi connectivity index (χ0n) is 10.6. The topological polar surface area (TPSA) is 49.3 Å². The Bertz CT molecular complexity index is 479. The van der Waals surface area contributed by atoms with Crippen LogP contribution in [0.1, 0.15) is 54.8 Å². The monoisotopic (exact) mass is 245 g/mol. The summed E-state index contributed by atoms with van der Waals surface area (Å²) >= 11 is 0. The molecule has 1 heterocycles. The van der Waals surface area contributed by atoms with Crippen molar-refractivity contribution in [3.63, 3.8) is 0 Å². The van der Waals surface area contributed by atoms with Gasteiger partial charge in [-0.25, -0.2) is 0 Å². The molecule has 1 saturated carbocycles. The molecule has 0 saturated heterocycles. The van der Waals surface area contributed by atoms with Crippen molar-refractivity contribution in [2.24, 2.45) is 0 Å². The number of carbonyl (C=O) groups is 1. The molecular formula is C15H19NO2. The highest BCUT2D eigenvalue weighted by molar-refractivity contribution is 5.77. The first-order valence-corrected chi connectivity index (χ1v) is 6.81. The fraction of sp³-hybridized carbons (Fsp3) is 0.533. The Labute approximate surface area is 107 Å². The maximum Gasteiger partial charge on any atom is 0.325 e. The molecule has 1 aromatic rings. The number of aliphatic carboxylic acids is 1. The average Bonchev–Trinajstić information content (AvgIpc) is 3.20. The van der Waals surface area contributed by atoms with Crippen LogP contribution >= 0.6 is 0 Å². The summed E-state index contributed by atoms with van der Waals surface area (Å²) in [5.74, 6) is -0.0765. The largest absolute Gasteiger partial charge is 0.480 e. The van der Waals surface area contributed by atoms with Gasteiger partial charge in [0, 0.05) is 6.04 Å². The molecule has 18 heavy (non-hydrogen) atoms. The van der Waals surface area contributed by atoms with Crippen LogP contribution in [0.4, 0.5) is 0 Å². The quantitative estimate of drug-likeness (QED) is 0.860. The molecule has 0 spiro atoms. The van der Waals surface area contributed by atoms with Crippen molar-refractivity contribution in [3.8, 4) is 0 Å². The number of carboxylic acids is 1. The van der Waals surface area contributed by atoms with E-state index < -0.39 is 12.0 Å². The molecule has 0 bridgehead atoms. The Kier molecular flexibility index (Phi) is 2.86. The SMILES string of the molecule is CCC1Cc2c(C3CC3)cccc2C(C(=O)O)N1. The van der Waals surface area contributed by atoms with Crippen molar-refractivity contribution >= 4 is 5.97 Å². The van der Waals surface area contributed by atoms with Gasteiger partial charge in [0.25, 0.3) is 0 Å². The van der Waals surface area contributed by atoms with Gasteiger partial charge in [-0.2, -0.15) is 0 Å². The molecule has 2 unspecified atom stereocenters. The molecule has 1 aliphatic carbocycles. The lowest BCUT2D eigenvalue weighted by Gasteiger charge is -2.32. The highest BCUT2D eigenvalue weighted by Gasteiger charge is 2.34. The molecular weight excluding hydrogens is 226 g/mol. The lowest BCUT2D eigenvalue weighted by molar-refractivity contribution is -0.140. The van der Waals surface area contributed by atoms with Crippen LogP contribution in [-0.2, 0) is 11.2 Å². The summed E-state index contributed by atoms with van der Waals surface area (Å²) in [5.41, 5.74) is 3.69. The maximum atomic E-state index is 11.4. The third-order valence-electron chi connectivity index (χ3n) is 4.17. The van der Waals surface area contributed by atoms with E-state index in [9.17, 15) is 9.90 Å². The second kappa shape index (κ2) is 4.39. The van der Waals surface area contributed by atoms with Gasteiger partial charge in [-0.1, -0.05) is 25.1 Å². The molecule has 0 aromatic heterocycles. The Morgan fingerprint density at radius 1 is 1.39 bits per heavy atom. The second-order valence-corrected chi connectivity index (χ2v) is 5.44. The first kappa shape index (κ1) is 11.7. The summed E-state index contributed by atoms with van der Waals surface area (Å²) in [5, 5.41) is 12.6. The number of benzene rings is 1. The highest BCUT2D eigenvalue weighted by Crippen LogP contribution is 2.44. The standard InChI is InChI=1S/C15H19NO2/c1-2-10-8-13-11(9-6-7-9)4-3-5-12(13)14(16-10)15(17)18/h3-5,9-10,14,16H,2,6-8H2,1H3,(H,17,18). The number of carboxylic acid groups (broad SMARTS) is 1. The number of rotatable bonds is 3. The molecule has 3 heteroatoms. The molecule has 1 aliphatic heterocycles. The van der Waals surface area contributed by atoms with E-state index >= 15 is 0 Å². The van der Waals surface area contributed by atoms with Crippen LogP contribution in [0.25, 0.3) is 0 Å². The van der Waals surface area contributed by atoms with E-state index in [2.05, 4.69) is 18.3 Å². The lowest BCUT2D eigenvalue weighted by atomic mass is 9.85. The predicted molar refractivity (Wildman–Crippen MR) is 69.7 cm³/mol. The van der Waals surface area contributed by atoms with Crippen LogP contribution in [0, 0.1) is 0 Å². The summed E-state index contributed by atoms with van der Waals surface area (Å²) in [7, 11) is 0. The Morgan fingerprint density at radius 2 is 2.11 bits per heavy atom. The molecule has 3 nitrogen and oxygen atoms in total. The van der Waals surface area contributed by atoms with Crippen molar-refractivity contribution in [3.05, 3.63) is 34.9 Å². The smallest absolute Gasteiger partial charge is 0.325 e. The number of nitrogens with one attached hydrogen (secondary N) is 1. The van der Waals surface area contributed by atoms with Gasteiger partial charge in [0.05, 0.1) is 0 Å². The zero-order valence-corrected chi connectivity index (χ0v) is 10.6. The van der Waals surface area contributed by atoms with Gasteiger partial charge in [0.2, 0.25) is 0 Å². The minimum atomic E-state index is -0.762. The van der Waals surface area contributed by atoms with E-state index in [4.69, 9.17) is 0 Å². The van der Waals surface area contributed by atoms with Gasteiger partial charge in [0.1, 0.15) is 6.04 Å². The predicted octanol–water partition coefficient (Wildman–Crippen LogP) is 2.61. The van der Waals surface area contributed by atoms with E-state index in [1.807, 2.05) is 12.1 Å². The lowest BCUT2D eigenvalue weighted by Crippen LogP contribution is -2.42. The summed E-state index contributed by atoms with van der Waals surface area (Å²) < 4.78 is 0. The third kappa shape index (κ3) is 1.93. The highest BCUT2D eigenvalue weighted by atomic mass is 16.4. The van der Waals surface area contributed by atoms with Gasteiger partial charge in [-0.05, 0) is 48.3 Å². The molecule has 1 fully saturated rings. The molecule has 0 amide bonds. The Balaban J connectivity index is 2.05. The van der Waals surface area contributed by atoms with Crippen LogP contribution < -0.4 is 5.32 Å². The fourth-order valence-electron chi connectivity index (χ4n) is 3.00. The van der Waals surface area contributed by atoms with E-state index in [1.54, 1.807) is 0 Å². The van der Waals surface area contributed by atoms with Crippen molar-refractivity contribution in [2.75, 3.05) is 0 Å². The van der Waals surface area contributed by atoms with E-state index in [0.717, 1.165) is 18.4 Å². The Morgan fingerprint density at radius 3 is 2.72 bits per heavy atom. The first-order valence-electron chi connectivity index (χ1n) is 6.81. The van der Waals surface area contributed by atoms with Crippen molar-refractivity contribution in [2.45, 2.75) is 50.6 Å². The van der Waals surface area contributed by atoms with Crippen molar-refractivity contribution in [1.82, 2.24) is 5.32 Å². The molecule has 2 aliphatic rings. The minimum Gasteiger partial charge on any atom is -0.480 e. The number of hydrogen-bond donors (Lipinski definition) is 2. The van der Waals surface area contributed by atoms with E-state index in [-0.39, 0.29) is 0 Å². The van der Waals surface area contributed by atoms with Crippen LogP contribution in [0.2, 0.25) is 0 Å². The molecule has 3 rings (SSSR count). The first-order chi connectivity index (χ1) is 8.70. The summed E-state index contributed by atoms with van der Waals surface area (Å²) in [6, 6.07) is 5.93. The maximum absolute atomic E-state index is 11.4. The van der Waals surface area contributed by atoms with Gasteiger partial charge in [-0.15, -0.1) is 0 Å². The minimum absolute atomic E-state index is 0.290. The van der Waals surface area contributed by atoms with Gasteiger partial charge < -0.3 is 5.11 Å². The van der Waals surface area contributed by atoms with Crippen molar-refractivity contribution < 1.29 is 9.90 Å². The average molecular weight is 245 g/mol. The van der Waals surface area contributed by atoms with Gasteiger partial charge in [-0.3, -0.25) is 10.1 Å². The van der Waals surface area contributed by atoms with Gasteiger partial charge in [0.15, 0.2) is 0 Å². The van der Waals surface area contributed by atoms with Crippen LogP contribution in [0.15, 0.2) is 18.2 Å². The normalized spacial score (nSPS) is 26.7. The van der Waals surface area contributed by atoms with Gasteiger partial charge >= 0.3 is 5.97 Å². The number of fused-ring (bicyclic) bond motifs is 1. The molecule has 2 N–H and O–H groups in total. The fourth-order valence-corrected chi connectivity index (χ4v) is 3.00. The Hall–Kier alpha value is -1.35. The van der Waals surface area contributed by atoms with Crippen LogP contribution in [0.3, 0.4) is 0 Å². The summed E-state index contributed by atoms with van der Waals surface area (Å²) in [6.45, 7) is 2.11. The second-order valence-electron chi connectivity index (χ2n) is 5.44. The third-order valence-corrected chi connectivity index (χ3v) is 4.17. The molecule has 96 valence electrons. The summed E-state index contributed by atoms with van der Waals surface area (Å²) in [4.78, 5) is 11.4. The van der Waals surface area contributed by atoms with E-state index in [1.165, 1.54) is 24.0 Å². The van der Waals surface area contributed by atoms with E-state index in [0.29, 0.717) is 12.0 Å². The van der Waals surface area contributed by atoms with Crippen molar-refractivity contribution in [1.29, 1.82) is 0 Å².